The van der Waals surface area contributed by atoms with Gasteiger partial charge in [0, 0.05) is 14.1 Å². The van der Waals surface area contributed by atoms with Gasteiger partial charge in [0.1, 0.15) is 6.54 Å². The molecule has 0 bridgehead atoms. The number of aryl methyl sites for hydroxylation is 2. The Bertz CT molecular complexity index is 974. The molecule has 0 saturated heterocycles. The zero-order valence-corrected chi connectivity index (χ0v) is 18.8. The molecule has 1 amide bonds. The largest absolute Gasteiger partial charge is 0.348 e. The third kappa shape index (κ3) is 5.02. The maximum Gasteiger partial charge on any atom is 0.304 e. The molecule has 1 atom stereocenters. The summed E-state index contributed by atoms with van der Waals surface area (Å²) in [5.41, 5.74) is 4.31. The van der Waals surface area contributed by atoms with Gasteiger partial charge in [-0.05, 0) is 60.9 Å². The number of benzene rings is 2. The molecule has 0 radical (unpaired) electrons. The van der Waals surface area contributed by atoms with Crippen molar-refractivity contribution >= 4 is 21.8 Å². The maximum absolute atomic E-state index is 12.9. The fourth-order valence-electron chi connectivity index (χ4n) is 3.86. The van der Waals surface area contributed by atoms with Gasteiger partial charge in [0.25, 0.3) is 0 Å². The van der Waals surface area contributed by atoms with Gasteiger partial charge < -0.3 is 5.32 Å². The molecule has 3 rings (SSSR count). The lowest BCUT2D eigenvalue weighted by Crippen LogP contribution is -2.46. The minimum atomic E-state index is -3.80. The first kappa shape index (κ1) is 22.3. The lowest BCUT2D eigenvalue weighted by molar-refractivity contribution is -0.120. The van der Waals surface area contributed by atoms with Crippen molar-refractivity contribution in [2.24, 2.45) is 0 Å². The first-order chi connectivity index (χ1) is 14.3. The maximum atomic E-state index is 12.9. The number of carbonyl (C=O) groups excluding carboxylic acids is 1. The Hall–Kier alpha value is -2.38. The van der Waals surface area contributed by atoms with Crippen LogP contribution in [-0.2, 0) is 27.8 Å². The fraction of sp³-hybridized carbons (Fsp3) is 0.435. The summed E-state index contributed by atoms with van der Waals surface area (Å²) < 4.78 is 27.9. The number of nitrogens with zero attached hydrogens (tertiary/aromatic N) is 2. The molecule has 2 aromatic rings. The van der Waals surface area contributed by atoms with Crippen molar-refractivity contribution in [3.63, 3.8) is 0 Å². The molecule has 0 heterocycles. The molecule has 1 aliphatic carbocycles. The molecule has 2 aromatic carbocycles. The molecule has 0 saturated carbocycles. The Labute approximate surface area is 180 Å². The first-order valence-corrected chi connectivity index (χ1v) is 11.9. The highest BCUT2D eigenvalue weighted by Gasteiger charge is 2.28. The second-order valence-corrected chi connectivity index (χ2v) is 9.96. The summed E-state index contributed by atoms with van der Waals surface area (Å²) in [4.78, 5) is 12.9. The number of hydrogen-bond donors (Lipinski definition) is 1. The highest BCUT2D eigenvalue weighted by Crippen LogP contribution is 2.26. The molecule has 162 valence electrons. The Kier molecular flexibility index (Phi) is 7.15. The van der Waals surface area contributed by atoms with Gasteiger partial charge in [-0.1, -0.05) is 43.3 Å². The Balaban J connectivity index is 1.78. The van der Waals surface area contributed by atoms with Crippen LogP contribution in [0.3, 0.4) is 0 Å². The summed E-state index contributed by atoms with van der Waals surface area (Å²) in [7, 11) is -0.874. The van der Waals surface area contributed by atoms with Gasteiger partial charge in [-0.2, -0.15) is 12.7 Å². The van der Waals surface area contributed by atoms with E-state index >= 15 is 0 Å². The van der Waals surface area contributed by atoms with E-state index in [9.17, 15) is 13.2 Å². The van der Waals surface area contributed by atoms with Gasteiger partial charge in [0.2, 0.25) is 5.91 Å². The minimum absolute atomic E-state index is 0.149. The SMILES string of the molecule is CC[C@H](NC(=O)CN(c1ccccc1)S(=O)(=O)N(C)C)c1ccc2c(c1)CCCC2. The average Bonchev–Trinajstić information content (AvgIpc) is 2.75. The molecular weight excluding hydrogens is 398 g/mol. The van der Waals surface area contributed by atoms with Crippen molar-refractivity contribution in [3.05, 3.63) is 65.2 Å². The average molecular weight is 430 g/mol. The van der Waals surface area contributed by atoms with Crippen LogP contribution < -0.4 is 9.62 Å². The van der Waals surface area contributed by atoms with Crippen LogP contribution in [0.2, 0.25) is 0 Å². The van der Waals surface area contributed by atoms with Crippen LogP contribution in [0, 0.1) is 0 Å². The highest BCUT2D eigenvalue weighted by molar-refractivity contribution is 7.90. The van der Waals surface area contributed by atoms with Crippen molar-refractivity contribution in [2.45, 2.75) is 45.1 Å². The number of nitrogens with one attached hydrogen (secondary N) is 1. The molecule has 30 heavy (non-hydrogen) atoms. The molecule has 0 aromatic heterocycles. The van der Waals surface area contributed by atoms with E-state index in [0.29, 0.717) is 5.69 Å². The van der Waals surface area contributed by atoms with Gasteiger partial charge in [-0.3, -0.25) is 4.79 Å². The topological polar surface area (TPSA) is 69.7 Å². The second-order valence-electron chi connectivity index (χ2n) is 7.90. The molecule has 7 heteroatoms. The van der Waals surface area contributed by atoms with E-state index in [-0.39, 0.29) is 18.5 Å². The lowest BCUT2D eigenvalue weighted by Gasteiger charge is -2.28. The number of anilines is 1. The van der Waals surface area contributed by atoms with Crippen molar-refractivity contribution in [1.82, 2.24) is 9.62 Å². The Morgan fingerprint density at radius 3 is 2.33 bits per heavy atom. The number of fused-ring (bicyclic) bond motifs is 1. The van der Waals surface area contributed by atoms with Crippen molar-refractivity contribution in [2.75, 3.05) is 24.9 Å². The van der Waals surface area contributed by atoms with Crippen LogP contribution in [0.1, 0.15) is 48.9 Å². The molecule has 0 spiro atoms. The van der Waals surface area contributed by atoms with Crippen LogP contribution in [0.5, 0.6) is 0 Å². The fourth-order valence-corrected chi connectivity index (χ4v) is 4.92. The van der Waals surface area contributed by atoms with Crippen molar-refractivity contribution in [1.29, 1.82) is 0 Å². The van der Waals surface area contributed by atoms with E-state index in [0.717, 1.165) is 33.4 Å². The number of hydrogen-bond acceptors (Lipinski definition) is 3. The quantitative estimate of drug-likeness (QED) is 0.699. The van der Waals surface area contributed by atoms with Crippen molar-refractivity contribution in [3.8, 4) is 0 Å². The zero-order valence-electron chi connectivity index (χ0n) is 18.0. The molecule has 6 nitrogen and oxygen atoms in total. The summed E-state index contributed by atoms with van der Waals surface area (Å²) in [5, 5.41) is 3.04. The summed E-state index contributed by atoms with van der Waals surface area (Å²) in [5.74, 6) is -0.325. The highest BCUT2D eigenvalue weighted by atomic mass is 32.2. The molecular formula is C23H31N3O3S. The standard InChI is InChI=1S/C23H31N3O3S/c1-4-22(20-15-14-18-10-8-9-11-19(18)16-20)24-23(27)17-26(30(28,29)25(2)3)21-12-6-5-7-13-21/h5-7,12-16,22H,4,8-11,17H2,1-3H3,(H,24,27)/t22-/m0/s1. The third-order valence-electron chi connectivity index (χ3n) is 5.59. The van der Waals surface area contributed by atoms with Crippen LogP contribution in [-0.4, -0.2) is 39.3 Å². The number of rotatable bonds is 8. The van der Waals surface area contributed by atoms with Gasteiger partial charge >= 0.3 is 10.2 Å². The molecule has 0 aliphatic heterocycles. The van der Waals surface area contributed by atoms with E-state index in [1.54, 1.807) is 24.3 Å². The minimum Gasteiger partial charge on any atom is -0.348 e. The van der Waals surface area contributed by atoms with Crippen molar-refractivity contribution < 1.29 is 13.2 Å². The monoisotopic (exact) mass is 429 g/mol. The third-order valence-corrected chi connectivity index (χ3v) is 7.41. The number of para-hydroxylation sites is 1. The van der Waals surface area contributed by atoms with Crippen LogP contribution in [0.4, 0.5) is 5.69 Å². The van der Waals surface area contributed by atoms with E-state index in [4.69, 9.17) is 0 Å². The number of amides is 1. The molecule has 1 aliphatic rings. The Morgan fingerprint density at radius 2 is 1.70 bits per heavy atom. The van der Waals surface area contributed by atoms with Gasteiger partial charge in [0.15, 0.2) is 0 Å². The van der Waals surface area contributed by atoms with Gasteiger partial charge in [0.05, 0.1) is 11.7 Å². The van der Waals surface area contributed by atoms with Crippen LogP contribution in [0.25, 0.3) is 0 Å². The molecule has 0 unspecified atom stereocenters. The normalized spacial score (nSPS) is 14.8. The van der Waals surface area contributed by atoms with Crippen LogP contribution >= 0.6 is 0 Å². The number of carbonyl (C=O) groups is 1. The van der Waals surface area contributed by atoms with E-state index < -0.39 is 10.2 Å². The molecule has 1 N–H and O–H groups in total. The predicted octanol–water partition coefficient (Wildman–Crippen LogP) is 3.45. The van der Waals surface area contributed by atoms with Gasteiger partial charge in [-0.15, -0.1) is 0 Å². The summed E-state index contributed by atoms with van der Waals surface area (Å²) in [6.45, 7) is 1.75. The summed E-state index contributed by atoms with van der Waals surface area (Å²) in [6.07, 6.45) is 5.36. The van der Waals surface area contributed by atoms with Crippen LogP contribution in [0.15, 0.2) is 48.5 Å². The van der Waals surface area contributed by atoms with E-state index in [1.165, 1.54) is 38.1 Å². The summed E-state index contributed by atoms with van der Waals surface area (Å²) in [6, 6.07) is 15.0. The smallest absolute Gasteiger partial charge is 0.304 e. The lowest BCUT2D eigenvalue weighted by atomic mass is 9.89. The predicted molar refractivity (Wildman–Crippen MR) is 121 cm³/mol. The van der Waals surface area contributed by atoms with Gasteiger partial charge in [-0.25, -0.2) is 4.31 Å². The molecule has 0 fully saturated rings. The second kappa shape index (κ2) is 9.62. The first-order valence-electron chi connectivity index (χ1n) is 10.5. The Morgan fingerprint density at radius 1 is 1.03 bits per heavy atom. The zero-order chi connectivity index (χ0) is 21.7. The van der Waals surface area contributed by atoms with E-state index in [2.05, 4.69) is 23.5 Å². The summed E-state index contributed by atoms with van der Waals surface area (Å²) >= 11 is 0. The van der Waals surface area contributed by atoms with E-state index in [1.807, 2.05) is 13.0 Å².